The number of piperazine rings is 1. The summed E-state index contributed by atoms with van der Waals surface area (Å²) in [6.45, 7) is 5.03. The number of H-pyrrole nitrogens is 1. The number of carboxylic acid groups (broad SMARTS) is 2. The molecule has 0 unspecified atom stereocenters. The fourth-order valence-corrected chi connectivity index (χ4v) is 3.59. The second kappa shape index (κ2) is 11.5. The number of hydrogen-bond acceptors (Lipinski definition) is 6. The molecular formula is C20H30N4O5. The molecule has 1 aromatic rings. The monoisotopic (exact) mass is 406 g/mol. The van der Waals surface area contributed by atoms with Crippen LogP contribution in [0.4, 0.5) is 0 Å². The molecule has 160 valence electrons. The van der Waals surface area contributed by atoms with Crippen molar-refractivity contribution in [3.8, 4) is 0 Å². The average molecular weight is 406 g/mol. The fourth-order valence-electron chi connectivity index (χ4n) is 3.59. The molecule has 0 radical (unpaired) electrons. The summed E-state index contributed by atoms with van der Waals surface area (Å²) in [7, 11) is 2.15. The Balaban J connectivity index is 0.000000321. The molecule has 1 aliphatic heterocycles. The average Bonchev–Trinajstić information content (AvgIpc) is 2.69. The SMILES string of the molecule is CN1CCN(Cc2ncc(C3CCCCC3)c(=O)[nH]2)CC1.O=C(O)/C=C\C(=O)O. The van der Waals surface area contributed by atoms with E-state index in [-0.39, 0.29) is 5.56 Å². The van der Waals surface area contributed by atoms with Crippen LogP contribution in [0, 0.1) is 0 Å². The summed E-state index contributed by atoms with van der Waals surface area (Å²) in [5.74, 6) is -1.28. The van der Waals surface area contributed by atoms with Gasteiger partial charge in [0.05, 0.1) is 6.54 Å². The molecule has 0 aromatic carbocycles. The molecule has 1 aliphatic carbocycles. The molecule has 2 aliphatic rings. The number of aliphatic carboxylic acids is 2. The van der Waals surface area contributed by atoms with E-state index in [9.17, 15) is 14.4 Å². The smallest absolute Gasteiger partial charge is 0.328 e. The molecular weight excluding hydrogens is 376 g/mol. The quantitative estimate of drug-likeness (QED) is 0.624. The predicted octanol–water partition coefficient (Wildman–Crippen LogP) is 1.28. The van der Waals surface area contributed by atoms with Crippen molar-refractivity contribution in [2.45, 2.75) is 44.6 Å². The van der Waals surface area contributed by atoms with Gasteiger partial charge in [-0.2, -0.15) is 0 Å². The molecule has 29 heavy (non-hydrogen) atoms. The van der Waals surface area contributed by atoms with Crippen molar-refractivity contribution in [1.29, 1.82) is 0 Å². The van der Waals surface area contributed by atoms with Crippen LogP contribution >= 0.6 is 0 Å². The van der Waals surface area contributed by atoms with Crippen LogP contribution in [0.2, 0.25) is 0 Å². The van der Waals surface area contributed by atoms with Crippen LogP contribution in [0.3, 0.4) is 0 Å². The second-order valence-corrected chi connectivity index (χ2v) is 7.54. The van der Waals surface area contributed by atoms with Gasteiger partial charge in [0.25, 0.3) is 5.56 Å². The third kappa shape index (κ3) is 8.16. The second-order valence-electron chi connectivity index (χ2n) is 7.54. The van der Waals surface area contributed by atoms with Gasteiger partial charge in [-0.05, 0) is 25.8 Å². The molecule has 3 rings (SSSR count). The van der Waals surface area contributed by atoms with Gasteiger partial charge in [0.15, 0.2) is 0 Å². The topological polar surface area (TPSA) is 127 Å². The minimum atomic E-state index is -1.26. The lowest BCUT2D eigenvalue weighted by Crippen LogP contribution is -2.44. The van der Waals surface area contributed by atoms with E-state index in [0.29, 0.717) is 18.1 Å². The minimum absolute atomic E-state index is 0.0843. The highest BCUT2D eigenvalue weighted by atomic mass is 16.4. The summed E-state index contributed by atoms with van der Waals surface area (Å²) in [5, 5.41) is 15.6. The number of nitrogens with one attached hydrogen (secondary N) is 1. The summed E-state index contributed by atoms with van der Waals surface area (Å²) in [5.41, 5.74) is 0.984. The fraction of sp³-hybridized carbons (Fsp3) is 0.600. The van der Waals surface area contributed by atoms with Crippen molar-refractivity contribution < 1.29 is 19.8 Å². The Hall–Kier alpha value is -2.52. The lowest BCUT2D eigenvalue weighted by Gasteiger charge is -2.31. The number of aromatic amines is 1. The van der Waals surface area contributed by atoms with Crippen molar-refractivity contribution in [2.24, 2.45) is 0 Å². The first-order chi connectivity index (χ1) is 13.8. The molecule has 0 bridgehead atoms. The lowest BCUT2D eigenvalue weighted by molar-refractivity contribution is -0.134. The molecule has 9 nitrogen and oxygen atoms in total. The van der Waals surface area contributed by atoms with Gasteiger partial charge in [-0.1, -0.05) is 19.3 Å². The van der Waals surface area contributed by atoms with Crippen molar-refractivity contribution in [2.75, 3.05) is 33.2 Å². The van der Waals surface area contributed by atoms with Gasteiger partial charge in [0, 0.05) is 50.1 Å². The lowest BCUT2D eigenvalue weighted by atomic mass is 9.85. The van der Waals surface area contributed by atoms with Gasteiger partial charge in [0.2, 0.25) is 0 Å². The third-order valence-corrected chi connectivity index (χ3v) is 5.26. The summed E-state index contributed by atoms with van der Waals surface area (Å²) in [4.78, 5) is 43.6. The van der Waals surface area contributed by atoms with Crippen LogP contribution in [0.1, 0.15) is 49.4 Å². The number of carboxylic acids is 2. The molecule has 2 fully saturated rings. The van der Waals surface area contributed by atoms with E-state index >= 15 is 0 Å². The summed E-state index contributed by atoms with van der Waals surface area (Å²) >= 11 is 0. The Morgan fingerprint density at radius 2 is 1.69 bits per heavy atom. The molecule has 1 aromatic heterocycles. The maximum atomic E-state index is 12.3. The van der Waals surface area contributed by atoms with Crippen molar-refractivity contribution in [3.05, 3.63) is 40.1 Å². The standard InChI is InChI=1S/C16H26N4O.C4H4O4/c1-19-7-9-20(10-8-19)12-15-17-11-14(16(21)18-15)13-5-3-2-4-6-13;5-3(6)1-2-4(7)8/h11,13H,2-10,12H2,1H3,(H,17,18,21);1-2H,(H,5,6)(H,7,8)/b;2-1-. The summed E-state index contributed by atoms with van der Waals surface area (Å²) in [6, 6.07) is 0. The van der Waals surface area contributed by atoms with Gasteiger partial charge in [0.1, 0.15) is 5.82 Å². The molecule has 3 N–H and O–H groups in total. The first kappa shape index (κ1) is 22.8. The van der Waals surface area contributed by atoms with Crippen LogP contribution in [-0.2, 0) is 16.1 Å². The molecule has 0 amide bonds. The Morgan fingerprint density at radius 3 is 2.21 bits per heavy atom. The van der Waals surface area contributed by atoms with E-state index in [1.807, 2.05) is 6.20 Å². The molecule has 2 heterocycles. The van der Waals surface area contributed by atoms with Crippen LogP contribution in [0.5, 0.6) is 0 Å². The van der Waals surface area contributed by atoms with Gasteiger partial charge in [-0.3, -0.25) is 9.69 Å². The van der Waals surface area contributed by atoms with Crippen LogP contribution in [0.15, 0.2) is 23.1 Å². The normalized spacial score (nSPS) is 18.9. The zero-order chi connectivity index (χ0) is 21.2. The Morgan fingerprint density at radius 1 is 1.10 bits per heavy atom. The molecule has 1 saturated heterocycles. The zero-order valence-corrected chi connectivity index (χ0v) is 16.8. The number of hydrogen-bond donors (Lipinski definition) is 3. The third-order valence-electron chi connectivity index (χ3n) is 5.26. The highest BCUT2D eigenvalue weighted by Gasteiger charge is 2.20. The maximum absolute atomic E-state index is 12.3. The van der Waals surface area contributed by atoms with E-state index in [4.69, 9.17) is 10.2 Å². The Bertz CT molecular complexity index is 746. The van der Waals surface area contributed by atoms with Crippen LogP contribution in [-0.4, -0.2) is 75.1 Å². The van der Waals surface area contributed by atoms with Gasteiger partial charge < -0.3 is 20.1 Å². The Labute approximate surface area is 170 Å². The first-order valence-electron chi connectivity index (χ1n) is 9.98. The van der Waals surface area contributed by atoms with Gasteiger partial charge in [-0.15, -0.1) is 0 Å². The number of carbonyl (C=O) groups is 2. The summed E-state index contributed by atoms with van der Waals surface area (Å²) < 4.78 is 0. The first-order valence-corrected chi connectivity index (χ1v) is 9.98. The number of likely N-dealkylation sites (N-methyl/N-ethyl adjacent to an activating group) is 1. The molecule has 0 spiro atoms. The van der Waals surface area contributed by atoms with Gasteiger partial charge in [-0.25, -0.2) is 14.6 Å². The predicted molar refractivity (Wildman–Crippen MR) is 108 cm³/mol. The number of aromatic nitrogens is 2. The van der Waals surface area contributed by atoms with Crippen molar-refractivity contribution >= 4 is 11.9 Å². The van der Waals surface area contributed by atoms with Crippen LogP contribution < -0.4 is 5.56 Å². The van der Waals surface area contributed by atoms with E-state index < -0.39 is 11.9 Å². The van der Waals surface area contributed by atoms with E-state index in [2.05, 4.69) is 26.8 Å². The largest absolute Gasteiger partial charge is 0.478 e. The number of nitrogens with zero attached hydrogens (tertiary/aromatic N) is 3. The van der Waals surface area contributed by atoms with E-state index in [1.54, 1.807) is 0 Å². The molecule has 0 atom stereocenters. The number of rotatable bonds is 5. The molecule has 9 heteroatoms. The van der Waals surface area contributed by atoms with Crippen molar-refractivity contribution in [3.63, 3.8) is 0 Å². The summed E-state index contributed by atoms with van der Waals surface area (Å²) in [6.07, 6.45) is 9.03. The maximum Gasteiger partial charge on any atom is 0.328 e. The Kier molecular flexibility index (Phi) is 9.01. The van der Waals surface area contributed by atoms with Gasteiger partial charge >= 0.3 is 11.9 Å². The highest BCUT2D eigenvalue weighted by molar-refractivity contribution is 5.89. The highest BCUT2D eigenvalue weighted by Crippen LogP contribution is 2.30. The zero-order valence-electron chi connectivity index (χ0n) is 16.8. The van der Waals surface area contributed by atoms with Crippen molar-refractivity contribution in [1.82, 2.24) is 19.8 Å². The minimum Gasteiger partial charge on any atom is -0.478 e. The molecule has 1 saturated carbocycles. The van der Waals surface area contributed by atoms with E-state index in [0.717, 1.165) is 57.0 Å². The van der Waals surface area contributed by atoms with E-state index in [1.165, 1.54) is 19.3 Å². The van der Waals surface area contributed by atoms with Crippen LogP contribution in [0.25, 0.3) is 0 Å².